The van der Waals surface area contributed by atoms with Crippen molar-refractivity contribution in [2.24, 2.45) is 5.92 Å². The summed E-state index contributed by atoms with van der Waals surface area (Å²) in [6.45, 7) is 2.62. The van der Waals surface area contributed by atoms with Gasteiger partial charge in [0.05, 0.1) is 0 Å². The maximum absolute atomic E-state index is 12.6. The molecule has 24 heavy (non-hydrogen) atoms. The summed E-state index contributed by atoms with van der Waals surface area (Å²) in [4.78, 5) is 30.2. The van der Waals surface area contributed by atoms with E-state index in [-0.39, 0.29) is 11.8 Å². The molecule has 1 aromatic rings. The average molecular weight is 346 g/mol. The second kappa shape index (κ2) is 8.06. The Labute approximate surface area is 148 Å². The minimum absolute atomic E-state index is 0.0763. The Morgan fingerprint density at radius 1 is 0.917 bits per heavy atom. The van der Waals surface area contributed by atoms with Gasteiger partial charge in [0.1, 0.15) is 0 Å². The van der Waals surface area contributed by atoms with Crippen LogP contribution in [0.4, 0.5) is 0 Å². The van der Waals surface area contributed by atoms with E-state index in [1.54, 1.807) is 11.8 Å². The molecule has 1 aliphatic heterocycles. The third-order valence-electron chi connectivity index (χ3n) is 5.17. The van der Waals surface area contributed by atoms with Crippen LogP contribution in [0, 0.1) is 5.92 Å². The van der Waals surface area contributed by atoms with Gasteiger partial charge in [-0.3, -0.25) is 9.59 Å². The van der Waals surface area contributed by atoms with Crippen LogP contribution in [0.2, 0.25) is 0 Å². The van der Waals surface area contributed by atoms with Crippen molar-refractivity contribution >= 4 is 23.6 Å². The Kier molecular flexibility index (Phi) is 5.82. The van der Waals surface area contributed by atoms with E-state index in [0.29, 0.717) is 32.1 Å². The number of rotatable bonds is 3. The summed E-state index contributed by atoms with van der Waals surface area (Å²) in [6.07, 6.45) is 7.74. The van der Waals surface area contributed by atoms with Crippen molar-refractivity contribution in [3.8, 4) is 0 Å². The number of hydrogen-bond donors (Lipinski definition) is 0. The van der Waals surface area contributed by atoms with E-state index in [1.165, 1.54) is 19.3 Å². The summed E-state index contributed by atoms with van der Waals surface area (Å²) >= 11 is 1.67. The minimum Gasteiger partial charge on any atom is -0.339 e. The monoisotopic (exact) mass is 346 g/mol. The molecule has 0 aromatic heterocycles. The predicted molar refractivity (Wildman–Crippen MR) is 97.3 cm³/mol. The topological polar surface area (TPSA) is 40.6 Å². The van der Waals surface area contributed by atoms with Crippen molar-refractivity contribution in [2.45, 2.75) is 37.0 Å². The number of carbonyl (C=O) groups excluding carboxylic acids is 2. The molecule has 2 fully saturated rings. The number of carbonyl (C=O) groups is 2. The fourth-order valence-electron chi connectivity index (χ4n) is 3.65. The van der Waals surface area contributed by atoms with Crippen molar-refractivity contribution < 1.29 is 9.59 Å². The van der Waals surface area contributed by atoms with Crippen LogP contribution in [0.1, 0.15) is 42.5 Å². The Balaban J connectivity index is 1.54. The van der Waals surface area contributed by atoms with E-state index in [1.807, 2.05) is 40.3 Å². The first-order chi connectivity index (χ1) is 11.7. The summed E-state index contributed by atoms with van der Waals surface area (Å²) < 4.78 is 0. The molecule has 0 atom stereocenters. The highest BCUT2D eigenvalue weighted by atomic mass is 32.2. The number of nitrogens with zero attached hydrogens (tertiary/aromatic N) is 2. The number of benzene rings is 1. The van der Waals surface area contributed by atoms with Gasteiger partial charge in [-0.15, -0.1) is 11.8 Å². The van der Waals surface area contributed by atoms with Crippen molar-refractivity contribution in [3.05, 3.63) is 29.8 Å². The third kappa shape index (κ3) is 3.94. The fraction of sp³-hybridized carbons (Fsp3) is 0.579. The van der Waals surface area contributed by atoms with Crippen LogP contribution >= 0.6 is 11.8 Å². The van der Waals surface area contributed by atoms with E-state index in [2.05, 4.69) is 0 Å². The number of amides is 2. The van der Waals surface area contributed by atoms with Gasteiger partial charge in [0.2, 0.25) is 5.91 Å². The lowest BCUT2D eigenvalue weighted by atomic mass is 9.88. The molecule has 1 saturated heterocycles. The van der Waals surface area contributed by atoms with Crippen LogP contribution in [-0.2, 0) is 4.79 Å². The van der Waals surface area contributed by atoms with Gasteiger partial charge in [0.15, 0.2) is 0 Å². The van der Waals surface area contributed by atoms with Gasteiger partial charge in [0.25, 0.3) is 5.91 Å². The number of hydrogen-bond acceptors (Lipinski definition) is 3. The van der Waals surface area contributed by atoms with Gasteiger partial charge in [-0.05, 0) is 43.4 Å². The van der Waals surface area contributed by atoms with E-state index >= 15 is 0 Å². The molecule has 1 aliphatic carbocycles. The van der Waals surface area contributed by atoms with Crippen molar-refractivity contribution in [3.63, 3.8) is 0 Å². The van der Waals surface area contributed by atoms with Crippen LogP contribution in [-0.4, -0.2) is 54.0 Å². The smallest absolute Gasteiger partial charge is 0.253 e. The largest absolute Gasteiger partial charge is 0.339 e. The molecule has 2 amide bonds. The molecular formula is C19H26N2O2S. The molecule has 4 nitrogen and oxygen atoms in total. The quantitative estimate of drug-likeness (QED) is 0.789. The van der Waals surface area contributed by atoms with Crippen LogP contribution in [0.5, 0.6) is 0 Å². The number of piperazine rings is 1. The Bertz CT molecular complexity index is 574. The Morgan fingerprint density at radius 2 is 1.50 bits per heavy atom. The normalized spacial score (nSPS) is 19.4. The predicted octanol–water partition coefficient (Wildman–Crippen LogP) is 3.27. The highest BCUT2D eigenvalue weighted by molar-refractivity contribution is 7.98. The van der Waals surface area contributed by atoms with Crippen molar-refractivity contribution in [1.82, 2.24) is 9.80 Å². The summed E-state index contributed by atoms with van der Waals surface area (Å²) in [7, 11) is 0. The van der Waals surface area contributed by atoms with Gasteiger partial charge in [-0.25, -0.2) is 0 Å². The molecule has 0 bridgehead atoms. The Hall–Kier alpha value is -1.49. The van der Waals surface area contributed by atoms with Gasteiger partial charge in [-0.1, -0.05) is 19.3 Å². The second-order valence-electron chi connectivity index (χ2n) is 6.68. The first-order valence-electron chi connectivity index (χ1n) is 8.91. The standard InChI is InChI=1S/C19H26N2O2S/c1-24-17-9-7-16(8-10-17)19(23)21-13-11-20(12-14-21)18(22)15-5-3-2-4-6-15/h7-10,15H,2-6,11-14H2,1H3. The van der Waals surface area contributed by atoms with E-state index in [0.717, 1.165) is 23.3 Å². The molecule has 1 aromatic carbocycles. The molecule has 2 aliphatic rings. The maximum Gasteiger partial charge on any atom is 0.253 e. The lowest BCUT2D eigenvalue weighted by molar-refractivity contribution is -0.138. The highest BCUT2D eigenvalue weighted by Gasteiger charge is 2.29. The van der Waals surface area contributed by atoms with Crippen LogP contribution in [0.3, 0.4) is 0 Å². The third-order valence-corrected chi connectivity index (χ3v) is 5.91. The second-order valence-corrected chi connectivity index (χ2v) is 7.56. The zero-order valence-electron chi connectivity index (χ0n) is 14.4. The molecule has 0 radical (unpaired) electrons. The molecule has 0 spiro atoms. The van der Waals surface area contributed by atoms with E-state index < -0.39 is 0 Å². The molecule has 130 valence electrons. The summed E-state index contributed by atoms with van der Waals surface area (Å²) in [6, 6.07) is 7.77. The lowest BCUT2D eigenvalue weighted by Gasteiger charge is -2.37. The summed E-state index contributed by atoms with van der Waals surface area (Å²) in [5, 5.41) is 0. The van der Waals surface area contributed by atoms with Gasteiger partial charge < -0.3 is 9.80 Å². The van der Waals surface area contributed by atoms with Crippen LogP contribution in [0.25, 0.3) is 0 Å². The first-order valence-corrected chi connectivity index (χ1v) is 10.1. The maximum atomic E-state index is 12.6. The molecule has 0 N–H and O–H groups in total. The highest BCUT2D eigenvalue weighted by Crippen LogP contribution is 2.26. The zero-order chi connectivity index (χ0) is 16.9. The molecule has 1 heterocycles. The van der Waals surface area contributed by atoms with Crippen molar-refractivity contribution in [2.75, 3.05) is 32.4 Å². The zero-order valence-corrected chi connectivity index (χ0v) is 15.2. The molecule has 3 rings (SSSR count). The van der Waals surface area contributed by atoms with E-state index in [9.17, 15) is 9.59 Å². The molecule has 0 unspecified atom stereocenters. The molecular weight excluding hydrogens is 320 g/mol. The Morgan fingerprint density at radius 3 is 2.08 bits per heavy atom. The average Bonchev–Trinajstić information content (AvgIpc) is 2.68. The summed E-state index contributed by atoms with van der Waals surface area (Å²) in [5.74, 6) is 0.610. The van der Waals surface area contributed by atoms with Crippen LogP contribution < -0.4 is 0 Å². The fourth-order valence-corrected chi connectivity index (χ4v) is 4.06. The van der Waals surface area contributed by atoms with Gasteiger partial charge >= 0.3 is 0 Å². The SMILES string of the molecule is CSc1ccc(C(=O)N2CCN(C(=O)C3CCCCC3)CC2)cc1. The lowest BCUT2D eigenvalue weighted by Crippen LogP contribution is -2.52. The van der Waals surface area contributed by atoms with Crippen molar-refractivity contribution in [1.29, 1.82) is 0 Å². The number of thioether (sulfide) groups is 1. The van der Waals surface area contributed by atoms with Crippen LogP contribution in [0.15, 0.2) is 29.2 Å². The van der Waals surface area contributed by atoms with Gasteiger partial charge in [-0.2, -0.15) is 0 Å². The molecule has 5 heteroatoms. The van der Waals surface area contributed by atoms with E-state index in [4.69, 9.17) is 0 Å². The molecule has 1 saturated carbocycles. The summed E-state index contributed by atoms with van der Waals surface area (Å²) in [5.41, 5.74) is 0.736. The first kappa shape index (κ1) is 17.3. The minimum atomic E-state index is 0.0763. The van der Waals surface area contributed by atoms with Gasteiger partial charge in [0, 0.05) is 42.6 Å².